The second-order valence-electron chi connectivity index (χ2n) is 5.58. The van der Waals surface area contributed by atoms with Gasteiger partial charge in [-0.05, 0) is 24.3 Å². The van der Waals surface area contributed by atoms with Crippen LogP contribution < -0.4 is 0 Å². The van der Waals surface area contributed by atoms with E-state index >= 15 is 0 Å². The first-order chi connectivity index (χ1) is 10.8. The first-order valence-corrected chi connectivity index (χ1v) is 7.54. The molecular weight excluding hydrogens is 278 g/mol. The van der Waals surface area contributed by atoms with Gasteiger partial charge in [0.15, 0.2) is 0 Å². The molecule has 1 amide bonds. The van der Waals surface area contributed by atoms with E-state index in [1.54, 1.807) is 11.1 Å². The summed E-state index contributed by atoms with van der Waals surface area (Å²) in [6.45, 7) is 1.29. The second-order valence-corrected chi connectivity index (χ2v) is 5.58. The number of piperidine rings is 1. The number of amides is 1. The van der Waals surface area contributed by atoms with Gasteiger partial charge in [-0.2, -0.15) is 0 Å². The van der Waals surface area contributed by atoms with Gasteiger partial charge in [0.1, 0.15) is 5.69 Å². The monoisotopic (exact) mass is 297 g/mol. The third kappa shape index (κ3) is 3.14. The summed E-state index contributed by atoms with van der Waals surface area (Å²) in [5.74, 6) is 0.106. The Morgan fingerprint density at radius 1 is 1.18 bits per heavy atom. The summed E-state index contributed by atoms with van der Waals surface area (Å²) in [6.07, 6.45) is 5.70. The molecule has 1 aliphatic heterocycles. The molecule has 0 bridgehead atoms. The molecular formula is C17H19N3O2. The number of aliphatic hydroxyl groups is 1. The van der Waals surface area contributed by atoms with Crippen LogP contribution in [0.1, 0.15) is 35.0 Å². The van der Waals surface area contributed by atoms with Crippen LogP contribution in [-0.4, -0.2) is 39.0 Å². The van der Waals surface area contributed by atoms with Crippen LogP contribution in [0.2, 0.25) is 0 Å². The van der Waals surface area contributed by atoms with Crippen LogP contribution >= 0.6 is 0 Å². The maximum Gasteiger partial charge on any atom is 0.274 e. The number of carbonyl (C=O) groups is 1. The number of rotatable bonds is 3. The highest BCUT2D eigenvalue weighted by atomic mass is 16.3. The molecule has 1 fully saturated rings. The van der Waals surface area contributed by atoms with Crippen LogP contribution in [0.25, 0.3) is 0 Å². The van der Waals surface area contributed by atoms with E-state index in [1.807, 2.05) is 30.3 Å². The number of hydrogen-bond acceptors (Lipinski definition) is 4. The van der Waals surface area contributed by atoms with Gasteiger partial charge in [-0.15, -0.1) is 0 Å². The van der Waals surface area contributed by atoms with Crippen LogP contribution in [0.5, 0.6) is 0 Å². The molecule has 3 rings (SSSR count). The summed E-state index contributed by atoms with van der Waals surface area (Å²) < 4.78 is 0. The minimum Gasteiger partial charge on any atom is -0.388 e. The van der Waals surface area contributed by atoms with Gasteiger partial charge in [-0.25, -0.2) is 4.98 Å². The molecule has 2 heterocycles. The Labute approximate surface area is 129 Å². The number of aromatic nitrogens is 2. The predicted octanol–water partition coefficient (Wildman–Crippen LogP) is 2.06. The number of benzene rings is 1. The van der Waals surface area contributed by atoms with E-state index in [9.17, 15) is 9.90 Å². The zero-order valence-corrected chi connectivity index (χ0v) is 12.3. The van der Waals surface area contributed by atoms with Crippen molar-refractivity contribution in [2.24, 2.45) is 5.92 Å². The first-order valence-electron chi connectivity index (χ1n) is 7.54. The average molecular weight is 297 g/mol. The lowest BCUT2D eigenvalue weighted by molar-refractivity contribution is 0.0458. The maximum absolute atomic E-state index is 12.3. The van der Waals surface area contributed by atoms with E-state index in [0.29, 0.717) is 18.8 Å². The van der Waals surface area contributed by atoms with E-state index < -0.39 is 6.10 Å². The van der Waals surface area contributed by atoms with Gasteiger partial charge in [0.25, 0.3) is 5.91 Å². The number of carbonyl (C=O) groups excluding carboxylic acids is 1. The largest absolute Gasteiger partial charge is 0.388 e. The smallest absolute Gasteiger partial charge is 0.274 e. The van der Waals surface area contributed by atoms with Gasteiger partial charge >= 0.3 is 0 Å². The van der Waals surface area contributed by atoms with E-state index in [0.717, 1.165) is 18.4 Å². The van der Waals surface area contributed by atoms with Crippen LogP contribution in [0.3, 0.4) is 0 Å². The molecule has 22 heavy (non-hydrogen) atoms. The van der Waals surface area contributed by atoms with E-state index in [1.165, 1.54) is 12.4 Å². The molecule has 5 heteroatoms. The summed E-state index contributed by atoms with van der Waals surface area (Å²) in [5, 5.41) is 10.5. The Balaban J connectivity index is 1.60. The van der Waals surface area contributed by atoms with Crippen molar-refractivity contribution in [1.29, 1.82) is 0 Å². The molecule has 1 N–H and O–H groups in total. The molecule has 2 aromatic rings. The Morgan fingerprint density at radius 3 is 2.55 bits per heavy atom. The van der Waals surface area contributed by atoms with Crippen molar-refractivity contribution in [3.8, 4) is 0 Å². The van der Waals surface area contributed by atoms with Crippen LogP contribution in [0.4, 0.5) is 0 Å². The molecule has 1 atom stereocenters. The van der Waals surface area contributed by atoms with Crippen molar-refractivity contribution in [3.63, 3.8) is 0 Å². The van der Waals surface area contributed by atoms with Crippen molar-refractivity contribution >= 4 is 5.91 Å². The lowest BCUT2D eigenvalue weighted by atomic mass is 9.87. The summed E-state index contributed by atoms with van der Waals surface area (Å²) in [4.78, 5) is 22.1. The normalized spacial score (nSPS) is 17.2. The summed E-state index contributed by atoms with van der Waals surface area (Å²) in [5.41, 5.74) is 1.32. The van der Waals surface area contributed by atoms with Gasteiger partial charge in [0.05, 0.1) is 12.3 Å². The number of likely N-dealkylation sites (tertiary alicyclic amines) is 1. The highest BCUT2D eigenvalue weighted by Crippen LogP contribution is 2.30. The van der Waals surface area contributed by atoms with E-state index in [2.05, 4.69) is 9.97 Å². The standard InChI is InChI=1S/C17H19N3O2/c21-16(13-4-2-1-3-5-13)14-6-10-20(11-7-14)17(22)15-12-18-8-9-19-15/h1-5,8-9,12,14,16,21H,6-7,10-11H2. The Bertz CT molecular complexity index is 610. The zero-order chi connectivity index (χ0) is 15.4. The Kier molecular flexibility index (Phi) is 4.44. The predicted molar refractivity (Wildman–Crippen MR) is 82.1 cm³/mol. The molecule has 1 saturated heterocycles. The molecule has 0 aliphatic carbocycles. The van der Waals surface area contributed by atoms with Crippen molar-refractivity contribution in [2.75, 3.05) is 13.1 Å². The van der Waals surface area contributed by atoms with Crippen molar-refractivity contribution in [1.82, 2.24) is 14.9 Å². The molecule has 0 radical (unpaired) electrons. The fraction of sp³-hybridized carbons (Fsp3) is 0.353. The van der Waals surface area contributed by atoms with Gasteiger partial charge in [0.2, 0.25) is 0 Å². The van der Waals surface area contributed by atoms with Gasteiger partial charge in [-0.1, -0.05) is 30.3 Å². The fourth-order valence-electron chi connectivity index (χ4n) is 2.91. The Morgan fingerprint density at radius 2 is 1.91 bits per heavy atom. The first kappa shape index (κ1) is 14.7. The maximum atomic E-state index is 12.3. The van der Waals surface area contributed by atoms with Gasteiger partial charge in [0, 0.05) is 25.5 Å². The highest BCUT2D eigenvalue weighted by molar-refractivity contribution is 5.92. The minimum atomic E-state index is -0.463. The second kappa shape index (κ2) is 6.66. The Hall–Kier alpha value is -2.27. The zero-order valence-electron chi connectivity index (χ0n) is 12.3. The fourth-order valence-corrected chi connectivity index (χ4v) is 2.91. The lowest BCUT2D eigenvalue weighted by Gasteiger charge is -2.34. The average Bonchev–Trinajstić information content (AvgIpc) is 2.62. The van der Waals surface area contributed by atoms with Crippen LogP contribution in [-0.2, 0) is 0 Å². The molecule has 1 aromatic carbocycles. The third-order valence-corrected chi connectivity index (χ3v) is 4.20. The highest BCUT2D eigenvalue weighted by Gasteiger charge is 2.29. The molecule has 5 nitrogen and oxygen atoms in total. The summed E-state index contributed by atoms with van der Waals surface area (Å²) >= 11 is 0. The number of hydrogen-bond donors (Lipinski definition) is 1. The van der Waals surface area contributed by atoms with E-state index in [-0.39, 0.29) is 11.8 Å². The minimum absolute atomic E-state index is 0.0826. The molecule has 1 aromatic heterocycles. The van der Waals surface area contributed by atoms with Crippen molar-refractivity contribution in [2.45, 2.75) is 18.9 Å². The van der Waals surface area contributed by atoms with Gasteiger partial charge in [-0.3, -0.25) is 9.78 Å². The van der Waals surface area contributed by atoms with Crippen LogP contribution in [0.15, 0.2) is 48.9 Å². The van der Waals surface area contributed by atoms with Crippen molar-refractivity contribution < 1.29 is 9.90 Å². The quantitative estimate of drug-likeness (QED) is 0.941. The molecule has 1 unspecified atom stereocenters. The number of aliphatic hydroxyl groups excluding tert-OH is 1. The van der Waals surface area contributed by atoms with E-state index in [4.69, 9.17) is 0 Å². The summed E-state index contributed by atoms with van der Waals surface area (Å²) in [7, 11) is 0. The summed E-state index contributed by atoms with van der Waals surface area (Å²) in [6, 6.07) is 9.71. The molecule has 0 spiro atoms. The molecule has 0 saturated carbocycles. The lowest BCUT2D eigenvalue weighted by Crippen LogP contribution is -2.40. The molecule has 1 aliphatic rings. The topological polar surface area (TPSA) is 66.3 Å². The van der Waals surface area contributed by atoms with Gasteiger partial charge < -0.3 is 10.0 Å². The SMILES string of the molecule is O=C(c1cnccn1)N1CCC(C(O)c2ccccc2)CC1. The van der Waals surface area contributed by atoms with Crippen LogP contribution in [0, 0.1) is 5.92 Å². The molecule has 114 valence electrons. The van der Waals surface area contributed by atoms with Crippen molar-refractivity contribution in [3.05, 3.63) is 60.2 Å². The third-order valence-electron chi connectivity index (χ3n) is 4.20. The number of nitrogens with zero attached hydrogens (tertiary/aromatic N) is 3.